The molecule has 72 valence electrons. The predicted molar refractivity (Wildman–Crippen MR) is 55.5 cm³/mol. The number of rotatable bonds is 1. The van der Waals surface area contributed by atoms with Crippen molar-refractivity contribution >= 4 is 16.6 Å². The molecular formula is C11H13N2O+. The molecule has 0 aliphatic carbocycles. The third-order valence-electron chi connectivity index (χ3n) is 2.48. The summed E-state index contributed by atoms with van der Waals surface area (Å²) in [5.41, 5.74) is 8.30. The van der Waals surface area contributed by atoms with Crippen molar-refractivity contribution in [1.82, 2.24) is 0 Å². The largest absolute Gasteiger partial charge is 0.398 e. The number of hydrogen-bond donors (Lipinski definition) is 2. The van der Waals surface area contributed by atoms with E-state index in [-0.39, 0.29) is 6.61 Å². The Morgan fingerprint density at radius 1 is 1.36 bits per heavy atom. The summed E-state index contributed by atoms with van der Waals surface area (Å²) < 4.78 is 2.01. The Kier molecular flexibility index (Phi) is 2.09. The zero-order chi connectivity index (χ0) is 10.1. The van der Waals surface area contributed by atoms with Gasteiger partial charge in [-0.3, -0.25) is 0 Å². The van der Waals surface area contributed by atoms with Gasteiger partial charge in [0.05, 0.1) is 12.0 Å². The van der Waals surface area contributed by atoms with E-state index >= 15 is 0 Å². The molecule has 0 spiro atoms. The maximum Gasteiger partial charge on any atom is 0.212 e. The van der Waals surface area contributed by atoms with Crippen LogP contribution in [0.4, 0.5) is 5.69 Å². The minimum atomic E-state index is -0.0206. The lowest BCUT2D eigenvalue weighted by molar-refractivity contribution is -0.644. The van der Waals surface area contributed by atoms with Gasteiger partial charge in [0.15, 0.2) is 6.20 Å². The third-order valence-corrected chi connectivity index (χ3v) is 2.48. The van der Waals surface area contributed by atoms with E-state index in [2.05, 4.69) is 0 Å². The fourth-order valence-electron chi connectivity index (χ4n) is 1.69. The molecule has 0 bridgehead atoms. The third kappa shape index (κ3) is 1.22. The summed E-state index contributed by atoms with van der Waals surface area (Å²) in [5, 5.41) is 10.2. The van der Waals surface area contributed by atoms with Crippen molar-refractivity contribution in [2.45, 2.75) is 6.61 Å². The van der Waals surface area contributed by atoms with E-state index in [0.29, 0.717) is 5.69 Å². The Bertz CT molecular complexity index is 480. The van der Waals surface area contributed by atoms with Gasteiger partial charge >= 0.3 is 0 Å². The van der Waals surface area contributed by atoms with Crippen molar-refractivity contribution in [3.63, 3.8) is 0 Å². The van der Waals surface area contributed by atoms with Gasteiger partial charge in [-0.05, 0) is 12.1 Å². The van der Waals surface area contributed by atoms with E-state index in [9.17, 15) is 5.11 Å². The quantitative estimate of drug-likeness (QED) is 0.513. The Labute approximate surface area is 82.4 Å². The average Bonchev–Trinajstić information content (AvgIpc) is 2.18. The molecule has 0 aliphatic heterocycles. The summed E-state index contributed by atoms with van der Waals surface area (Å²) in [4.78, 5) is 0. The summed E-state index contributed by atoms with van der Waals surface area (Å²) >= 11 is 0. The fraction of sp³-hybridized carbons (Fsp3) is 0.182. The number of aryl methyl sites for hydroxylation is 1. The number of aromatic nitrogens is 1. The fourth-order valence-corrected chi connectivity index (χ4v) is 1.69. The van der Waals surface area contributed by atoms with Crippen LogP contribution in [0.1, 0.15) is 5.56 Å². The highest BCUT2D eigenvalue weighted by molar-refractivity contribution is 5.84. The second kappa shape index (κ2) is 3.27. The highest BCUT2D eigenvalue weighted by Crippen LogP contribution is 2.21. The number of nitrogens with two attached hydrogens (primary N) is 1. The Balaban J connectivity index is 2.88. The molecule has 1 heterocycles. The van der Waals surface area contributed by atoms with Crippen molar-refractivity contribution in [3.05, 3.63) is 36.0 Å². The molecule has 0 unspecified atom stereocenters. The summed E-state index contributed by atoms with van der Waals surface area (Å²) in [6, 6.07) is 7.70. The molecule has 3 N–H and O–H groups in total. The molecular weight excluding hydrogens is 176 g/mol. The first kappa shape index (κ1) is 8.97. The average molecular weight is 189 g/mol. The number of nitrogen functional groups attached to an aromatic ring is 1. The van der Waals surface area contributed by atoms with E-state index in [1.807, 2.05) is 42.1 Å². The minimum absolute atomic E-state index is 0.0206. The van der Waals surface area contributed by atoms with Crippen LogP contribution in [0, 0.1) is 0 Å². The maximum atomic E-state index is 9.22. The zero-order valence-corrected chi connectivity index (χ0v) is 8.07. The van der Waals surface area contributed by atoms with Gasteiger partial charge in [-0.15, -0.1) is 0 Å². The van der Waals surface area contributed by atoms with Crippen molar-refractivity contribution < 1.29 is 9.67 Å². The van der Waals surface area contributed by atoms with Crippen LogP contribution in [0.2, 0.25) is 0 Å². The van der Waals surface area contributed by atoms with Crippen LogP contribution in [0.25, 0.3) is 10.9 Å². The van der Waals surface area contributed by atoms with Gasteiger partial charge in [0.2, 0.25) is 5.52 Å². The maximum absolute atomic E-state index is 9.22. The molecule has 0 radical (unpaired) electrons. The molecule has 0 amide bonds. The lowest BCUT2D eigenvalue weighted by Gasteiger charge is -2.05. The molecule has 0 saturated carbocycles. The molecule has 2 rings (SSSR count). The van der Waals surface area contributed by atoms with Gasteiger partial charge in [0.1, 0.15) is 7.05 Å². The van der Waals surface area contributed by atoms with Crippen molar-refractivity contribution in [3.8, 4) is 0 Å². The van der Waals surface area contributed by atoms with Crippen molar-refractivity contribution in [2.75, 3.05) is 5.73 Å². The van der Waals surface area contributed by atoms with Gasteiger partial charge in [-0.1, -0.05) is 0 Å². The van der Waals surface area contributed by atoms with Gasteiger partial charge < -0.3 is 10.8 Å². The number of pyridine rings is 1. The van der Waals surface area contributed by atoms with Crippen LogP contribution in [0.15, 0.2) is 30.5 Å². The molecule has 0 saturated heterocycles. The van der Waals surface area contributed by atoms with Crippen LogP contribution < -0.4 is 10.3 Å². The highest BCUT2D eigenvalue weighted by atomic mass is 16.3. The Morgan fingerprint density at radius 2 is 2.14 bits per heavy atom. The number of hydrogen-bond acceptors (Lipinski definition) is 2. The molecule has 3 heteroatoms. The first-order valence-electron chi connectivity index (χ1n) is 4.50. The highest BCUT2D eigenvalue weighted by Gasteiger charge is 2.09. The Morgan fingerprint density at radius 3 is 2.86 bits per heavy atom. The number of anilines is 1. The van der Waals surface area contributed by atoms with Gasteiger partial charge in [0, 0.05) is 23.4 Å². The van der Waals surface area contributed by atoms with E-state index in [1.165, 1.54) is 0 Å². The zero-order valence-electron chi connectivity index (χ0n) is 8.07. The van der Waals surface area contributed by atoms with E-state index in [1.54, 1.807) is 0 Å². The van der Waals surface area contributed by atoms with Crippen LogP contribution in [0.3, 0.4) is 0 Å². The second-order valence-corrected chi connectivity index (χ2v) is 3.34. The lowest BCUT2D eigenvalue weighted by Crippen LogP contribution is -2.28. The van der Waals surface area contributed by atoms with E-state index in [0.717, 1.165) is 16.5 Å². The first-order chi connectivity index (χ1) is 6.74. The topological polar surface area (TPSA) is 50.1 Å². The summed E-state index contributed by atoms with van der Waals surface area (Å²) in [6.45, 7) is -0.0206. The van der Waals surface area contributed by atoms with E-state index in [4.69, 9.17) is 5.73 Å². The molecule has 1 aromatic carbocycles. The SMILES string of the molecule is C[n+]1cccc2c(CO)c(N)ccc21. The molecule has 0 atom stereocenters. The number of aliphatic hydroxyl groups is 1. The summed E-state index contributed by atoms with van der Waals surface area (Å²) in [7, 11) is 1.97. The van der Waals surface area contributed by atoms with E-state index < -0.39 is 0 Å². The standard InChI is InChI=1S/C11H13N2O/c1-13-6-2-3-8-9(7-14)10(12)4-5-11(8)13/h2-6,14H,7,12H2,1H3/q+1. The summed E-state index contributed by atoms with van der Waals surface area (Å²) in [5.74, 6) is 0. The van der Waals surface area contributed by atoms with Gasteiger partial charge in [-0.25, -0.2) is 4.57 Å². The molecule has 14 heavy (non-hydrogen) atoms. The van der Waals surface area contributed by atoms with Crippen LogP contribution in [0.5, 0.6) is 0 Å². The molecule has 3 nitrogen and oxygen atoms in total. The van der Waals surface area contributed by atoms with Gasteiger partial charge in [0.25, 0.3) is 0 Å². The van der Waals surface area contributed by atoms with Crippen LogP contribution in [-0.2, 0) is 13.7 Å². The van der Waals surface area contributed by atoms with Crippen molar-refractivity contribution in [1.29, 1.82) is 0 Å². The number of nitrogens with zero attached hydrogens (tertiary/aromatic N) is 1. The van der Waals surface area contributed by atoms with Gasteiger partial charge in [-0.2, -0.15) is 0 Å². The molecule has 0 fully saturated rings. The molecule has 0 aliphatic rings. The first-order valence-corrected chi connectivity index (χ1v) is 4.50. The van der Waals surface area contributed by atoms with Crippen LogP contribution in [-0.4, -0.2) is 5.11 Å². The molecule has 2 aromatic rings. The van der Waals surface area contributed by atoms with Crippen molar-refractivity contribution in [2.24, 2.45) is 7.05 Å². The minimum Gasteiger partial charge on any atom is -0.398 e. The number of benzene rings is 1. The molecule has 1 aromatic heterocycles. The smallest absolute Gasteiger partial charge is 0.212 e. The normalized spacial score (nSPS) is 10.7. The lowest BCUT2D eigenvalue weighted by atomic mass is 10.1. The number of aliphatic hydroxyl groups excluding tert-OH is 1. The predicted octanol–water partition coefficient (Wildman–Crippen LogP) is 0.739. The van der Waals surface area contributed by atoms with Crippen LogP contribution >= 0.6 is 0 Å². The monoisotopic (exact) mass is 189 g/mol. The summed E-state index contributed by atoms with van der Waals surface area (Å²) in [6.07, 6.45) is 1.97. The second-order valence-electron chi connectivity index (χ2n) is 3.34. The number of fused-ring (bicyclic) bond motifs is 1. The Hall–Kier alpha value is -1.61.